The number of alkyl halides is 2. The van der Waals surface area contributed by atoms with E-state index in [2.05, 4.69) is 9.72 Å². The van der Waals surface area contributed by atoms with Gasteiger partial charge in [-0.05, 0) is 30.3 Å². The zero-order chi connectivity index (χ0) is 17.8. The smallest absolute Gasteiger partial charge is 0.387 e. The highest BCUT2D eigenvalue weighted by molar-refractivity contribution is 5.90. The fourth-order valence-electron chi connectivity index (χ4n) is 2.18. The molecule has 0 bridgehead atoms. The standard InChI is InChI=1S/C17H13F2NO5/c1-22-14-8-10(6-7-13(14)25-17(18)19)16(21)23-9-15-20-11-4-2-3-5-12(11)24-15/h2-8,17H,9H2,1H3. The molecule has 0 fully saturated rings. The summed E-state index contributed by atoms with van der Waals surface area (Å²) in [6, 6.07) is 10.9. The topological polar surface area (TPSA) is 70.8 Å². The molecule has 0 aliphatic carbocycles. The number of hydrogen-bond donors (Lipinski definition) is 0. The summed E-state index contributed by atoms with van der Waals surface area (Å²) in [5.41, 5.74) is 1.36. The second kappa shape index (κ2) is 7.16. The van der Waals surface area contributed by atoms with Crippen molar-refractivity contribution in [2.45, 2.75) is 13.2 Å². The Morgan fingerprint density at radius 2 is 2.00 bits per heavy atom. The van der Waals surface area contributed by atoms with E-state index in [9.17, 15) is 13.6 Å². The molecule has 0 amide bonds. The normalized spacial score (nSPS) is 10.9. The summed E-state index contributed by atoms with van der Waals surface area (Å²) < 4.78 is 44.4. The number of nitrogens with zero attached hydrogens (tertiary/aromatic N) is 1. The molecule has 1 aromatic heterocycles. The van der Waals surface area contributed by atoms with E-state index in [0.29, 0.717) is 11.1 Å². The fourth-order valence-corrected chi connectivity index (χ4v) is 2.18. The Bertz CT molecular complexity index is 861. The SMILES string of the molecule is COc1cc(C(=O)OCc2nc3ccccc3o2)ccc1OC(F)F. The van der Waals surface area contributed by atoms with Crippen molar-refractivity contribution in [2.75, 3.05) is 7.11 Å². The monoisotopic (exact) mass is 349 g/mol. The van der Waals surface area contributed by atoms with Crippen LogP contribution < -0.4 is 9.47 Å². The van der Waals surface area contributed by atoms with Crippen molar-refractivity contribution in [2.24, 2.45) is 0 Å². The third-order valence-electron chi connectivity index (χ3n) is 3.28. The average Bonchev–Trinajstić information content (AvgIpc) is 3.02. The second-order valence-electron chi connectivity index (χ2n) is 4.90. The van der Waals surface area contributed by atoms with Crippen LogP contribution in [0.4, 0.5) is 8.78 Å². The minimum atomic E-state index is -2.99. The molecule has 0 atom stereocenters. The van der Waals surface area contributed by atoms with Gasteiger partial charge < -0.3 is 18.6 Å². The maximum absolute atomic E-state index is 12.3. The molecule has 8 heteroatoms. The molecular weight excluding hydrogens is 336 g/mol. The van der Waals surface area contributed by atoms with Crippen molar-refractivity contribution in [3.63, 3.8) is 0 Å². The van der Waals surface area contributed by atoms with Crippen LogP contribution >= 0.6 is 0 Å². The Kier molecular flexibility index (Phi) is 4.78. The van der Waals surface area contributed by atoms with Gasteiger partial charge in [0.05, 0.1) is 12.7 Å². The van der Waals surface area contributed by atoms with Crippen molar-refractivity contribution >= 4 is 17.1 Å². The number of halogens is 2. The van der Waals surface area contributed by atoms with Crippen LogP contribution in [-0.4, -0.2) is 24.7 Å². The molecule has 0 unspecified atom stereocenters. The van der Waals surface area contributed by atoms with E-state index in [1.807, 2.05) is 6.07 Å². The summed E-state index contributed by atoms with van der Waals surface area (Å²) in [6.07, 6.45) is 0. The van der Waals surface area contributed by atoms with E-state index in [0.717, 1.165) is 0 Å². The number of methoxy groups -OCH3 is 1. The maximum atomic E-state index is 12.3. The molecule has 0 spiro atoms. The van der Waals surface area contributed by atoms with Gasteiger partial charge in [0.25, 0.3) is 0 Å². The minimum Gasteiger partial charge on any atom is -0.493 e. The molecule has 1 heterocycles. The van der Waals surface area contributed by atoms with Crippen LogP contribution in [0.25, 0.3) is 11.1 Å². The zero-order valence-corrected chi connectivity index (χ0v) is 13.1. The Labute approximate surface area is 140 Å². The van der Waals surface area contributed by atoms with Gasteiger partial charge in [0.15, 0.2) is 23.7 Å². The van der Waals surface area contributed by atoms with Crippen molar-refractivity contribution in [3.05, 3.63) is 53.9 Å². The number of carbonyl (C=O) groups is 1. The molecule has 6 nitrogen and oxygen atoms in total. The summed E-state index contributed by atoms with van der Waals surface area (Å²) >= 11 is 0. The molecule has 2 aromatic carbocycles. The Balaban J connectivity index is 1.70. The molecule has 0 N–H and O–H groups in total. The third kappa shape index (κ3) is 3.85. The first kappa shape index (κ1) is 16.7. The van der Waals surface area contributed by atoms with Crippen LogP contribution in [0.1, 0.15) is 16.2 Å². The van der Waals surface area contributed by atoms with E-state index < -0.39 is 12.6 Å². The molecule has 3 aromatic rings. The Morgan fingerprint density at radius 1 is 1.20 bits per heavy atom. The maximum Gasteiger partial charge on any atom is 0.387 e. The number of ether oxygens (including phenoxy) is 3. The van der Waals surface area contributed by atoms with Gasteiger partial charge in [0, 0.05) is 0 Å². The number of benzene rings is 2. The van der Waals surface area contributed by atoms with E-state index in [-0.39, 0.29) is 29.6 Å². The summed E-state index contributed by atoms with van der Waals surface area (Å²) in [7, 11) is 1.28. The number of hydrogen-bond acceptors (Lipinski definition) is 6. The van der Waals surface area contributed by atoms with Gasteiger partial charge in [0.2, 0.25) is 5.89 Å². The number of fused-ring (bicyclic) bond motifs is 1. The first-order chi connectivity index (χ1) is 12.1. The molecule has 0 radical (unpaired) electrons. The molecule has 0 aliphatic rings. The number of carbonyl (C=O) groups excluding carboxylic acids is 1. The Hall–Kier alpha value is -3.16. The highest BCUT2D eigenvalue weighted by Gasteiger charge is 2.16. The van der Waals surface area contributed by atoms with Crippen LogP contribution in [0, 0.1) is 0 Å². The number of oxazole rings is 1. The van der Waals surface area contributed by atoms with Gasteiger partial charge in [0.1, 0.15) is 5.52 Å². The molecule has 25 heavy (non-hydrogen) atoms. The lowest BCUT2D eigenvalue weighted by molar-refractivity contribution is -0.0512. The highest BCUT2D eigenvalue weighted by atomic mass is 19.3. The van der Waals surface area contributed by atoms with Crippen molar-refractivity contribution in [3.8, 4) is 11.5 Å². The van der Waals surface area contributed by atoms with Gasteiger partial charge in [-0.25, -0.2) is 9.78 Å². The summed E-state index contributed by atoms with van der Waals surface area (Å²) in [4.78, 5) is 16.3. The summed E-state index contributed by atoms with van der Waals surface area (Å²) in [6.45, 7) is -3.16. The fraction of sp³-hybridized carbons (Fsp3) is 0.176. The van der Waals surface area contributed by atoms with Crippen molar-refractivity contribution in [1.82, 2.24) is 4.98 Å². The molecular formula is C17H13F2NO5. The quantitative estimate of drug-likeness (QED) is 0.631. The van der Waals surface area contributed by atoms with Crippen LogP contribution in [0.2, 0.25) is 0 Å². The molecule has 0 saturated carbocycles. The first-order valence-corrected chi connectivity index (χ1v) is 7.21. The highest BCUT2D eigenvalue weighted by Crippen LogP contribution is 2.29. The van der Waals surface area contributed by atoms with Gasteiger partial charge in [-0.2, -0.15) is 8.78 Å². The van der Waals surface area contributed by atoms with Gasteiger partial charge in [-0.15, -0.1) is 0 Å². The molecule has 0 aliphatic heterocycles. The lowest BCUT2D eigenvalue weighted by Gasteiger charge is -2.11. The largest absolute Gasteiger partial charge is 0.493 e. The first-order valence-electron chi connectivity index (χ1n) is 7.21. The Morgan fingerprint density at radius 3 is 2.72 bits per heavy atom. The van der Waals surface area contributed by atoms with E-state index >= 15 is 0 Å². The van der Waals surface area contributed by atoms with Crippen molar-refractivity contribution < 1.29 is 32.2 Å². The van der Waals surface area contributed by atoms with Crippen LogP contribution in [0.5, 0.6) is 11.5 Å². The van der Waals surface area contributed by atoms with Gasteiger partial charge in [-0.3, -0.25) is 0 Å². The van der Waals surface area contributed by atoms with Crippen LogP contribution in [0.3, 0.4) is 0 Å². The van der Waals surface area contributed by atoms with Gasteiger partial charge >= 0.3 is 12.6 Å². The zero-order valence-electron chi connectivity index (χ0n) is 13.1. The molecule has 130 valence electrons. The predicted octanol–water partition coefficient (Wildman–Crippen LogP) is 3.79. The average molecular weight is 349 g/mol. The lowest BCUT2D eigenvalue weighted by Crippen LogP contribution is -2.07. The second-order valence-corrected chi connectivity index (χ2v) is 4.90. The third-order valence-corrected chi connectivity index (χ3v) is 3.28. The van der Waals surface area contributed by atoms with E-state index in [4.69, 9.17) is 13.9 Å². The predicted molar refractivity (Wildman–Crippen MR) is 82.8 cm³/mol. The van der Waals surface area contributed by atoms with E-state index in [1.54, 1.807) is 18.2 Å². The molecule has 3 rings (SSSR count). The number of esters is 1. The molecule has 0 saturated heterocycles. The van der Waals surface area contributed by atoms with E-state index in [1.165, 1.54) is 25.3 Å². The van der Waals surface area contributed by atoms with Crippen LogP contribution in [-0.2, 0) is 11.3 Å². The lowest BCUT2D eigenvalue weighted by atomic mass is 10.2. The van der Waals surface area contributed by atoms with Crippen LogP contribution in [0.15, 0.2) is 46.9 Å². The summed E-state index contributed by atoms with van der Waals surface area (Å²) in [5, 5.41) is 0. The minimum absolute atomic E-state index is 0.00314. The van der Waals surface area contributed by atoms with Crippen molar-refractivity contribution in [1.29, 1.82) is 0 Å². The number of rotatable bonds is 6. The number of para-hydroxylation sites is 2. The summed E-state index contributed by atoms with van der Waals surface area (Å²) in [5.74, 6) is -0.604. The van der Waals surface area contributed by atoms with Gasteiger partial charge in [-0.1, -0.05) is 12.1 Å². The number of aromatic nitrogens is 1.